The molecule has 1 saturated carbocycles. The Hall–Kier alpha value is -0.0800. The summed E-state index contributed by atoms with van der Waals surface area (Å²) in [6, 6.07) is 0. The molecule has 0 radical (unpaired) electrons. The van der Waals surface area contributed by atoms with Gasteiger partial charge in [-0.15, -0.1) is 0 Å². The molecule has 1 fully saturated rings. The van der Waals surface area contributed by atoms with E-state index in [1.807, 2.05) is 0 Å². The molecular formula is C12H25NO. The van der Waals surface area contributed by atoms with E-state index in [9.17, 15) is 0 Å². The summed E-state index contributed by atoms with van der Waals surface area (Å²) in [6.45, 7) is 8.16. The van der Waals surface area contributed by atoms with Gasteiger partial charge in [-0.2, -0.15) is 0 Å². The van der Waals surface area contributed by atoms with Crippen LogP contribution >= 0.6 is 0 Å². The summed E-state index contributed by atoms with van der Waals surface area (Å²) in [5, 5.41) is 12.7. The summed E-state index contributed by atoms with van der Waals surface area (Å²) in [5.74, 6) is 0. The molecule has 0 amide bonds. The summed E-state index contributed by atoms with van der Waals surface area (Å²) >= 11 is 0. The van der Waals surface area contributed by atoms with Gasteiger partial charge in [-0.05, 0) is 37.6 Å². The van der Waals surface area contributed by atoms with Gasteiger partial charge in [0.05, 0.1) is 0 Å². The van der Waals surface area contributed by atoms with E-state index in [0.717, 1.165) is 13.0 Å². The average Bonchev–Trinajstić information content (AvgIpc) is 2.02. The maximum atomic E-state index is 9.14. The highest BCUT2D eigenvalue weighted by atomic mass is 16.3. The fourth-order valence-corrected chi connectivity index (χ4v) is 3.04. The fraction of sp³-hybridized carbons (Fsp3) is 1.00. The van der Waals surface area contributed by atoms with Gasteiger partial charge in [0.15, 0.2) is 0 Å². The molecule has 0 aromatic carbocycles. The Balaban J connectivity index is 2.65. The van der Waals surface area contributed by atoms with Gasteiger partial charge >= 0.3 is 0 Å². The van der Waals surface area contributed by atoms with Crippen molar-refractivity contribution in [2.75, 3.05) is 13.2 Å². The van der Waals surface area contributed by atoms with Crippen LogP contribution in [0.4, 0.5) is 0 Å². The molecule has 0 saturated heterocycles. The number of aliphatic hydroxyl groups excluding tert-OH is 1. The van der Waals surface area contributed by atoms with Crippen molar-refractivity contribution in [2.45, 2.75) is 58.4 Å². The Morgan fingerprint density at radius 2 is 2.00 bits per heavy atom. The van der Waals surface area contributed by atoms with Crippen molar-refractivity contribution in [2.24, 2.45) is 5.41 Å². The largest absolute Gasteiger partial charge is 0.396 e. The maximum Gasteiger partial charge on any atom is 0.0448 e. The molecular weight excluding hydrogens is 174 g/mol. The summed E-state index contributed by atoms with van der Waals surface area (Å²) in [5.41, 5.74) is 0.654. The van der Waals surface area contributed by atoms with E-state index in [-0.39, 0.29) is 5.54 Å². The van der Waals surface area contributed by atoms with E-state index in [0.29, 0.717) is 12.0 Å². The molecule has 1 unspecified atom stereocenters. The summed E-state index contributed by atoms with van der Waals surface area (Å²) < 4.78 is 0. The number of nitrogens with one attached hydrogen (secondary N) is 1. The molecule has 0 aromatic rings. The smallest absolute Gasteiger partial charge is 0.0448 e. The van der Waals surface area contributed by atoms with Crippen LogP contribution in [-0.4, -0.2) is 23.8 Å². The van der Waals surface area contributed by atoms with Crippen molar-refractivity contribution < 1.29 is 5.11 Å². The van der Waals surface area contributed by atoms with Gasteiger partial charge in [0, 0.05) is 12.1 Å². The highest BCUT2D eigenvalue weighted by Gasteiger charge is 2.38. The number of hydrogen-bond acceptors (Lipinski definition) is 2. The third-order valence-electron chi connectivity index (χ3n) is 3.47. The Labute approximate surface area is 88.1 Å². The SMILES string of the molecule is CCNC1(CCO)CCCC(C)(C)C1. The van der Waals surface area contributed by atoms with Crippen molar-refractivity contribution in [3.63, 3.8) is 0 Å². The minimum atomic E-state index is 0.214. The van der Waals surface area contributed by atoms with Gasteiger partial charge in [0.1, 0.15) is 0 Å². The first-order chi connectivity index (χ1) is 6.54. The molecule has 14 heavy (non-hydrogen) atoms. The van der Waals surface area contributed by atoms with E-state index in [4.69, 9.17) is 5.11 Å². The standard InChI is InChI=1S/C12H25NO/c1-4-13-12(8-9-14)7-5-6-11(2,3)10-12/h13-14H,4-10H2,1-3H3. The third kappa shape index (κ3) is 2.96. The molecule has 1 atom stereocenters. The zero-order valence-corrected chi connectivity index (χ0v) is 9.90. The van der Waals surface area contributed by atoms with Crippen LogP contribution in [0.5, 0.6) is 0 Å². The molecule has 0 spiro atoms. The minimum absolute atomic E-state index is 0.214. The van der Waals surface area contributed by atoms with Crippen molar-refractivity contribution in [1.82, 2.24) is 5.32 Å². The molecule has 1 rings (SSSR count). The Bertz CT molecular complexity index is 166. The summed E-state index contributed by atoms with van der Waals surface area (Å²) in [7, 11) is 0. The topological polar surface area (TPSA) is 32.3 Å². The van der Waals surface area contributed by atoms with Crippen molar-refractivity contribution >= 4 is 0 Å². The zero-order chi connectivity index (χ0) is 10.7. The van der Waals surface area contributed by atoms with Crippen LogP contribution < -0.4 is 5.32 Å². The van der Waals surface area contributed by atoms with Gasteiger partial charge in [0.2, 0.25) is 0 Å². The third-order valence-corrected chi connectivity index (χ3v) is 3.47. The predicted molar refractivity (Wildman–Crippen MR) is 60.4 cm³/mol. The molecule has 0 aromatic heterocycles. The normalized spacial score (nSPS) is 31.7. The predicted octanol–water partition coefficient (Wildman–Crippen LogP) is 2.32. The number of rotatable bonds is 4. The Kier molecular flexibility index (Phi) is 3.96. The van der Waals surface area contributed by atoms with Crippen LogP contribution in [0.25, 0.3) is 0 Å². The van der Waals surface area contributed by atoms with E-state index >= 15 is 0 Å². The summed E-state index contributed by atoms with van der Waals surface area (Å²) in [4.78, 5) is 0. The molecule has 0 heterocycles. The van der Waals surface area contributed by atoms with E-state index in [1.54, 1.807) is 0 Å². The first-order valence-corrected chi connectivity index (χ1v) is 5.89. The lowest BCUT2D eigenvalue weighted by Gasteiger charge is -2.45. The van der Waals surface area contributed by atoms with Gasteiger partial charge in [-0.1, -0.05) is 27.2 Å². The van der Waals surface area contributed by atoms with E-state index < -0.39 is 0 Å². The molecule has 1 aliphatic rings. The van der Waals surface area contributed by atoms with Gasteiger partial charge in [-0.3, -0.25) is 0 Å². The lowest BCUT2D eigenvalue weighted by molar-refractivity contribution is 0.0939. The zero-order valence-electron chi connectivity index (χ0n) is 9.90. The minimum Gasteiger partial charge on any atom is -0.396 e. The number of hydrogen-bond donors (Lipinski definition) is 2. The Morgan fingerprint density at radius 3 is 2.50 bits per heavy atom. The van der Waals surface area contributed by atoms with Gasteiger partial charge in [0.25, 0.3) is 0 Å². The summed E-state index contributed by atoms with van der Waals surface area (Å²) in [6.07, 6.45) is 5.95. The van der Waals surface area contributed by atoms with E-state index in [1.165, 1.54) is 25.7 Å². The Morgan fingerprint density at radius 1 is 1.29 bits per heavy atom. The van der Waals surface area contributed by atoms with Crippen molar-refractivity contribution in [3.05, 3.63) is 0 Å². The molecule has 2 nitrogen and oxygen atoms in total. The quantitative estimate of drug-likeness (QED) is 0.728. The first kappa shape index (κ1) is 12.0. The lowest BCUT2D eigenvalue weighted by Crippen LogP contribution is -2.51. The fourth-order valence-electron chi connectivity index (χ4n) is 3.04. The lowest BCUT2D eigenvalue weighted by atomic mass is 9.67. The van der Waals surface area contributed by atoms with Crippen molar-refractivity contribution in [3.8, 4) is 0 Å². The van der Waals surface area contributed by atoms with Crippen LogP contribution in [0.15, 0.2) is 0 Å². The first-order valence-electron chi connectivity index (χ1n) is 5.89. The monoisotopic (exact) mass is 199 g/mol. The highest BCUT2D eigenvalue weighted by molar-refractivity contribution is 4.96. The molecule has 2 heteroatoms. The van der Waals surface area contributed by atoms with Gasteiger partial charge < -0.3 is 10.4 Å². The molecule has 0 bridgehead atoms. The second-order valence-corrected chi connectivity index (χ2v) is 5.48. The van der Waals surface area contributed by atoms with Crippen LogP contribution in [0.1, 0.15) is 52.9 Å². The average molecular weight is 199 g/mol. The molecule has 0 aliphatic heterocycles. The molecule has 1 aliphatic carbocycles. The molecule has 84 valence electrons. The van der Waals surface area contributed by atoms with Crippen LogP contribution in [-0.2, 0) is 0 Å². The van der Waals surface area contributed by atoms with Crippen LogP contribution in [0.2, 0.25) is 0 Å². The van der Waals surface area contributed by atoms with Crippen molar-refractivity contribution in [1.29, 1.82) is 0 Å². The maximum absolute atomic E-state index is 9.14. The second kappa shape index (κ2) is 4.63. The van der Waals surface area contributed by atoms with Gasteiger partial charge in [-0.25, -0.2) is 0 Å². The van der Waals surface area contributed by atoms with Crippen LogP contribution in [0, 0.1) is 5.41 Å². The second-order valence-electron chi connectivity index (χ2n) is 5.48. The highest BCUT2D eigenvalue weighted by Crippen LogP contribution is 2.42. The van der Waals surface area contributed by atoms with E-state index in [2.05, 4.69) is 26.1 Å². The molecule has 2 N–H and O–H groups in total. The number of aliphatic hydroxyl groups is 1. The van der Waals surface area contributed by atoms with Crippen LogP contribution in [0.3, 0.4) is 0 Å².